The highest BCUT2D eigenvalue weighted by Gasteiger charge is 1.80. The molecule has 0 aromatic rings. The normalized spacial score (nSPS) is 14.6. The third-order valence-electron chi connectivity index (χ3n) is 0.512. The van der Waals surface area contributed by atoms with Crippen LogP contribution in [-0.2, 0) is 0 Å². The average molecular weight is 117 g/mol. The Hall–Kier alpha value is -0.230. The summed E-state index contributed by atoms with van der Waals surface area (Å²) in [6.07, 6.45) is 5.41. The van der Waals surface area contributed by atoms with Crippen LogP contribution in [0, 0.1) is 0 Å². The van der Waals surface area contributed by atoms with Crippen molar-refractivity contribution in [2.45, 2.75) is 12.3 Å². The lowest BCUT2D eigenvalue weighted by atomic mass is 10.4. The molecule has 0 aromatic carbocycles. The highest BCUT2D eigenvalue weighted by molar-refractivity contribution is 6.21. The van der Waals surface area contributed by atoms with E-state index < -0.39 is 0 Å². The van der Waals surface area contributed by atoms with Gasteiger partial charge in [0.05, 0.1) is 0 Å². The van der Waals surface area contributed by atoms with Gasteiger partial charge in [0.15, 0.2) is 0 Å². The predicted octanol–water partition coefficient (Wildman–Crippen LogP) is 2.36. The van der Waals surface area contributed by atoms with Gasteiger partial charge in [-0.05, 0) is 6.92 Å². The van der Waals surface area contributed by atoms with E-state index in [0.29, 0.717) is 0 Å². The first-order valence-corrected chi connectivity index (χ1v) is 2.64. The monoisotopic (exact) mass is 116 g/mol. The first-order valence-electron chi connectivity index (χ1n) is 2.20. The van der Waals surface area contributed by atoms with Crippen LogP contribution in [0.5, 0.6) is 0 Å². The van der Waals surface area contributed by atoms with E-state index in [2.05, 4.69) is 6.58 Å². The summed E-state index contributed by atoms with van der Waals surface area (Å²) < 4.78 is 0. The van der Waals surface area contributed by atoms with Crippen molar-refractivity contribution in [3.05, 3.63) is 24.8 Å². The third-order valence-corrected chi connectivity index (χ3v) is 0.658. The fourth-order valence-electron chi connectivity index (χ4n) is 0.232. The number of alkyl halides is 1. The molecule has 1 atom stereocenters. The maximum absolute atomic E-state index is 5.52. The van der Waals surface area contributed by atoms with Crippen LogP contribution in [0.4, 0.5) is 0 Å². The summed E-state index contributed by atoms with van der Waals surface area (Å²) in [5.41, 5.74) is 0. The molecule has 0 aliphatic heterocycles. The van der Waals surface area contributed by atoms with Crippen molar-refractivity contribution in [3.63, 3.8) is 0 Å². The molecular weight excluding hydrogens is 108 g/mol. The molecule has 0 aliphatic carbocycles. The van der Waals surface area contributed by atoms with E-state index in [1.165, 1.54) is 0 Å². The molecule has 0 saturated heterocycles. The Morgan fingerprint density at radius 3 is 2.43 bits per heavy atom. The molecule has 7 heavy (non-hydrogen) atoms. The van der Waals surface area contributed by atoms with Gasteiger partial charge in [0, 0.05) is 5.38 Å². The van der Waals surface area contributed by atoms with Gasteiger partial charge in [-0.3, -0.25) is 0 Å². The van der Waals surface area contributed by atoms with Crippen LogP contribution < -0.4 is 0 Å². The lowest BCUT2D eigenvalue weighted by Crippen LogP contribution is -1.77. The minimum Gasteiger partial charge on any atom is -0.119 e. The average Bonchev–Trinajstić information content (AvgIpc) is 1.61. The second kappa shape index (κ2) is 3.94. The fourth-order valence-corrected chi connectivity index (χ4v) is 0.316. The van der Waals surface area contributed by atoms with Gasteiger partial charge in [-0.1, -0.05) is 24.8 Å². The molecule has 0 aromatic heterocycles. The van der Waals surface area contributed by atoms with Crippen molar-refractivity contribution in [1.29, 1.82) is 0 Å². The van der Waals surface area contributed by atoms with E-state index in [1.807, 2.05) is 19.1 Å². The van der Waals surface area contributed by atoms with E-state index in [9.17, 15) is 0 Å². The summed E-state index contributed by atoms with van der Waals surface area (Å²) in [6, 6.07) is 0. The molecule has 0 nitrogen and oxygen atoms in total. The van der Waals surface area contributed by atoms with Crippen LogP contribution in [0.15, 0.2) is 24.8 Å². The van der Waals surface area contributed by atoms with Gasteiger partial charge in [-0.15, -0.1) is 11.6 Å². The molecule has 0 radical (unpaired) electrons. The molecule has 0 heterocycles. The van der Waals surface area contributed by atoms with E-state index >= 15 is 0 Å². The lowest BCUT2D eigenvalue weighted by molar-refractivity contribution is 1.23. The van der Waals surface area contributed by atoms with Crippen LogP contribution in [0.25, 0.3) is 0 Å². The molecule has 0 spiro atoms. The minimum absolute atomic E-state index is 0.123. The van der Waals surface area contributed by atoms with Crippen molar-refractivity contribution < 1.29 is 0 Å². The first-order chi connectivity index (χ1) is 3.27. The Kier molecular flexibility index (Phi) is 3.81. The molecule has 0 amide bonds. The molecule has 0 saturated carbocycles. The van der Waals surface area contributed by atoms with E-state index in [0.717, 1.165) is 0 Å². The smallest absolute Gasteiger partial charge is 0.0490 e. The summed E-state index contributed by atoms with van der Waals surface area (Å²) in [4.78, 5) is 0. The Morgan fingerprint density at radius 1 is 1.71 bits per heavy atom. The van der Waals surface area contributed by atoms with Crippen LogP contribution in [0.1, 0.15) is 6.92 Å². The topological polar surface area (TPSA) is 0 Å². The largest absolute Gasteiger partial charge is 0.119 e. The molecule has 1 heteroatoms. The molecule has 0 rings (SSSR count). The second-order valence-electron chi connectivity index (χ2n) is 1.30. The van der Waals surface area contributed by atoms with Gasteiger partial charge in [0.2, 0.25) is 0 Å². The summed E-state index contributed by atoms with van der Waals surface area (Å²) in [5.74, 6) is 0. The number of allylic oxidation sites excluding steroid dienone is 3. The molecule has 0 N–H and O–H groups in total. The SMILES string of the molecule is C=C/C=C/C(C)Cl. The zero-order chi connectivity index (χ0) is 5.70. The quantitative estimate of drug-likeness (QED) is 0.384. The lowest BCUT2D eigenvalue weighted by Gasteiger charge is -1.84. The molecule has 1 unspecified atom stereocenters. The fraction of sp³-hybridized carbons (Fsp3) is 0.333. The first kappa shape index (κ1) is 6.77. The number of hydrogen-bond donors (Lipinski definition) is 0. The number of hydrogen-bond acceptors (Lipinski definition) is 0. The maximum Gasteiger partial charge on any atom is 0.0490 e. The zero-order valence-corrected chi connectivity index (χ0v) is 5.15. The van der Waals surface area contributed by atoms with Crippen molar-refractivity contribution in [1.82, 2.24) is 0 Å². The van der Waals surface area contributed by atoms with E-state index in [4.69, 9.17) is 11.6 Å². The van der Waals surface area contributed by atoms with Crippen LogP contribution in [-0.4, -0.2) is 5.38 Å². The van der Waals surface area contributed by atoms with Crippen LogP contribution in [0.3, 0.4) is 0 Å². The van der Waals surface area contributed by atoms with Crippen molar-refractivity contribution in [2.75, 3.05) is 0 Å². The van der Waals surface area contributed by atoms with Gasteiger partial charge < -0.3 is 0 Å². The third kappa shape index (κ3) is 5.77. The van der Waals surface area contributed by atoms with Gasteiger partial charge in [-0.25, -0.2) is 0 Å². The molecule has 0 fully saturated rings. The van der Waals surface area contributed by atoms with Gasteiger partial charge in [-0.2, -0.15) is 0 Å². The molecular formula is C6H9Cl. The highest BCUT2D eigenvalue weighted by atomic mass is 35.5. The Morgan fingerprint density at radius 2 is 2.29 bits per heavy atom. The summed E-state index contributed by atoms with van der Waals surface area (Å²) in [7, 11) is 0. The predicted molar refractivity (Wildman–Crippen MR) is 34.7 cm³/mol. The van der Waals surface area contributed by atoms with Crippen LogP contribution >= 0.6 is 11.6 Å². The van der Waals surface area contributed by atoms with Crippen molar-refractivity contribution in [2.24, 2.45) is 0 Å². The molecule has 0 bridgehead atoms. The van der Waals surface area contributed by atoms with Crippen molar-refractivity contribution in [3.8, 4) is 0 Å². The van der Waals surface area contributed by atoms with Crippen molar-refractivity contribution >= 4 is 11.6 Å². The number of halogens is 1. The number of rotatable bonds is 2. The summed E-state index contributed by atoms with van der Waals surface area (Å²) in [5, 5.41) is 0.123. The summed E-state index contributed by atoms with van der Waals surface area (Å²) in [6.45, 7) is 5.39. The van der Waals surface area contributed by atoms with Crippen LogP contribution in [0.2, 0.25) is 0 Å². The maximum atomic E-state index is 5.52. The molecule has 0 aliphatic rings. The Bertz CT molecular complexity index is 72.2. The van der Waals surface area contributed by atoms with E-state index in [1.54, 1.807) is 6.08 Å². The Balaban J connectivity index is 3.25. The zero-order valence-electron chi connectivity index (χ0n) is 4.39. The molecule has 40 valence electrons. The van der Waals surface area contributed by atoms with Gasteiger partial charge in [0.1, 0.15) is 0 Å². The second-order valence-corrected chi connectivity index (χ2v) is 1.99. The minimum atomic E-state index is 0.123. The Labute approximate surface area is 49.5 Å². The summed E-state index contributed by atoms with van der Waals surface area (Å²) >= 11 is 5.52. The highest BCUT2D eigenvalue weighted by Crippen LogP contribution is 1.93. The standard InChI is InChI=1S/C6H9Cl/c1-3-4-5-6(2)7/h3-6H,1H2,2H3/b5-4+. The van der Waals surface area contributed by atoms with E-state index in [-0.39, 0.29) is 5.38 Å². The van der Waals surface area contributed by atoms with Gasteiger partial charge in [0.25, 0.3) is 0 Å². The van der Waals surface area contributed by atoms with Gasteiger partial charge >= 0.3 is 0 Å².